The van der Waals surface area contributed by atoms with Gasteiger partial charge in [0.1, 0.15) is 0 Å². The van der Waals surface area contributed by atoms with Gasteiger partial charge < -0.3 is 9.42 Å². The Balaban J connectivity index is 1.56. The molecule has 0 N–H and O–H groups in total. The number of carbonyl (C=O) groups is 1. The van der Waals surface area contributed by atoms with E-state index in [4.69, 9.17) is 4.52 Å². The summed E-state index contributed by atoms with van der Waals surface area (Å²) in [7, 11) is 0. The van der Waals surface area contributed by atoms with E-state index in [2.05, 4.69) is 5.16 Å². The summed E-state index contributed by atoms with van der Waals surface area (Å²) in [5, 5.41) is 4.00. The van der Waals surface area contributed by atoms with Crippen LogP contribution in [0.2, 0.25) is 0 Å². The average molecular weight is 318 g/mol. The lowest BCUT2D eigenvalue weighted by atomic mass is 10.1. The van der Waals surface area contributed by atoms with Crippen molar-refractivity contribution in [2.45, 2.75) is 25.4 Å². The van der Waals surface area contributed by atoms with Gasteiger partial charge >= 0.3 is 0 Å². The van der Waals surface area contributed by atoms with Gasteiger partial charge in [-0.1, -0.05) is 65.8 Å². The normalized spacial score (nSPS) is 13.7. The predicted molar refractivity (Wildman–Crippen MR) is 91.3 cm³/mol. The van der Waals surface area contributed by atoms with E-state index in [1.807, 2.05) is 65.6 Å². The van der Waals surface area contributed by atoms with Gasteiger partial charge in [-0.25, -0.2) is 0 Å². The van der Waals surface area contributed by atoms with E-state index in [1.165, 1.54) is 0 Å². The van der Waals surface area contributed by atoms with Crippen molar-refractivity contribution in [3.8, 4) is 11.3 Å². The quantitative estimate of drug-likeness (QED) is 0.710. The molecule has 0 radical (unpaired) electrons. The van der Waals surface area contributed by atoms with Gasteiger partial charge in [0.2, 0.25) is 0 Å². The maximum absolute atomic E-state index is 12.9. The van der Waals surface area contributed by atoms with Gasteiger partial charge in [-0.2, -0.15) is 0 Å². The molecule has 4 nitrogen and oxygen atoms in total. The fourth-order valence-electron chi connectivity index (χ4n) is 2.79. The number of rotatable bonds is 5. The van der Waals surface area contributed by atoms with Crippen LogP contribution in [-0.2, 0) is 6.54 Å². The molecule has 1 saturated carbocycles. The Morgan fingerprint density at radius 2 is 1.71 bits per heavy atom. The van der Waals surface area contributed by atoms with E-state index in [0.717, 1.165) is 24.0 Å². The van der Waals surface area contributed by atoms with E-state index < -0.39 is 0 Å². The van der Waals surface area contributed by atoms with Gasteiger partial charge in [-0.3, -0.25) is 4.79 Å². The van der Waals surface area contributed by atoms with Crippen LogP contribution in [0.25, 0.3) is 11.3 Å². The van der Waals surface area contributed by atoms with Crippen LogP contribution in [0.5, 0.6) is 0 Å². The second-order valence-corrected chi connectivity index (χ2v) is 6.09. The largest absolute Gasteiger partial charge is 0.355 e. The molecule has 1 aliphatic carbocycles. The highest BCUT2D eigenvalue weighted by Gasteiger charge is 2.34. The van der Waals surface area contributed by atoms with Crippen LogP contribution in [0.4, 0.5) is 0 Å². The van der Waals surface area contributed by atoms with Crippen molar-refractivity contribution < 1.29 is 9.32 Å². The Morgan fingerprint density at radius 1 is 1.04 bits per heavy atom. The Hall–Kier alpha value is -2.88. The molecule has 1 heterocycles. The Bertz CT molecular complexity index is 823. The standard InChI is InChI=1S/C20H18N2O2/c23-20(18-13-19(24-21-18)16-9-5-2-6-10-16)22(17-11-12-17)14-15-7-3-1-4-8-15/h1-10,13,17H,11-12,14H2. The first-order valence-electron chi connectivity index (χ1n) is 8.18. The molecule has 0 saturated heterocycles. The summed E-state index contributed by atoms with van der Waals surface area (Å²) >= 11 is 0. The Morgan fingerprint density at radius 3 is 2.38 bits per heavy atom. The van der Waals surface area contributed by atoms with Crippen LogP contribution in [0, 0.1) is 0 Å². The van der Waals surface area contributed by atoms with Crippen LogP contribution in [0.1, 0.15) is 28.9 Å². The molecule has 1 aromatic heterocycles. The van der Waals surface area contributed by atoms with E-state index in [1.54, 1.807) is 6.07 Å². The molecule has 3 aromatic rings. The Labute approximate surface area is 140 Å². The topological polar surface area (TPSA) is 46.3 Å². The molecule has 0 atom stereocenters. The average Bonchev–Trinajstić information content (AvgIpc) is 3.36. The number of aromatic nitrogens is 1. The first-order chi connectivity index (χ1) is 11.8. The number of carbonyl (C=O) groups excluding carboxylic acids is 1. The number of hydrogen-bond acceptors (Lipinski definition) is 3. The third kappa shape index (κ3) is 3.08. The third-order valence-electron chi connectivity index (χ3n) is 4.23. The summed E-state index contributed by atoms with van der Waals surface area (Å²) < 4.78 is 5.37. The molecular formula is C20H18N2O2. The number of nitrogens with zero attached hydrogens (tertiary/aromatic N) is 2. The molecule has 0 bridgehead atoms. The van der Waals surface area contributed by atoms with Crippen LogP contribution in [0.15, 0.2) is 71.3 Å². The van der Waals surface area contributed by atoms with Crippen molar-refractivity contribution in [3.63, 3.8) is 0 Å². The van der Waals surface area contributed by atoms with Gasteiger partial charge in [0.05, 0.1) is 0 Å². The Kier molecular flexibility index (Phi) is 3.87. The fraction of sp³-hybridized carbons (Fsp3) is 0.200. The van der Waals surface area contributed by atoms with E-state index >= 15 is 0 Å². The highest BCUT2D eigenvalue weighted by molar-refractivity contribution is 5.93. The highest BCUT2D eigenvalue weighted by Crippen LogP contribution is 2.30. The van der Waals surface area contributed by atoms with Crippen molar-refractivity contribution in [2.75, 3.05) is 0 Å². The zero-order valence-corrected chi connectivity index (χ0v) is 13.3. The van der Waals surface area contributed by atoms with Crippen LogP contribution >= 0.6 is 0 Å². The predicted octanol–water partition coefficient (Wildman–Crippen LogP) is 4.15. The molecule has 4 rings (SSSR count). The maximum Gasteiger partial charge on any atom is 0.276 e. The molecule has 1 amide bonds. The maximum atomic E-state index is 12.9. The molecule has 2 aromatic carbocycles. The van der Waals surface area contributed by atoms with E-state index in [-0.39, 0.29) is 5.91 Å². The third-order valence-corrected chi connectivity index (χ3v) is 4.23. The molecule has 1 fully saturated rings. The van der Waals surface area contributed by atoms with Gasteiger partial charge in [0.25, 0.3) is 5.91 Å². The van der Waals surface area contributed by atoms with Gasteiger partial charge in [-0.05, 0) is 18.4 Å². The lowest BCUT2D eigenvalue weighted by molar-refractivity contribution is 0.0719. The monoisotopic (exact) mass is 318 g/mol. The summed E-state index contributed by atoms with van der Waals surface area (Å²) in [6.45, 7) is 0.609. The SMILES string of the molecule is O=C(c1cc(-c2ccccc2)on1)N(Cc1ccccc1)C1CC1. The van der Waals surface area contributed by atoms with Crippen molar-refractivity contribution in [3.05, 3.63) is 78.0 Å². The zero-order chi connectivity index (χ0) is 16.4. The molecular weight excluding hydrogens is 300 g/mol. The smallest absolute Gasteiger partial charge is 0.276 e. The van der Waals surface area contributed by atoms with Crippen molar-refractivity contribution in [1.29, 1.82) is 0 Å². The van der Waals surface area contributed by atoms with Gasteiger partial charge in [0.15, 0.2) is 11.5 Å². The minimum absolute atomic E-state index is 0.0627. The molecule has 0 aliphatic heterocycles. The van der Waals surface area contributed by atoms with Crippen LogP contribution in [0.3, 0.4) is 0 Å². The van der Waals surface area contributed by atoms with Crippen molar-refractivity contribution in [2.24, 2.45) is 0 Å². The van der Waals surface area contributed by atoms with E-state index in [9.17, 15) is 4.79 Å². The summed E-state index contributed by atoms with van der Waals surface area (Å²) in [6.07, 6.45) is 2.12. The first-order valence-corrected chi connectivity index (χ1v) is 8.18. The minimum Gasteiger partial charge on any atom is -0.355 e. The lowest BCUT2D eigenvalue weighted by Gasteiger charge is -2.21. The molecule has 1 aliphatic rings. The summed E-state index contributed by atoms with van der Waals surface area (Å²) in [5.41, 5.74) is 2.42. The first kappa shape index (κ1) is 14.7. The molecule has 24 heavy (non-hydrogen) atoms. The second kappa shape index (κ2) is 6.32. The van der Waals surface area contributed by atoms with Crippen molar-refractivity contribution in [1.82, 2.24) is 10.1 Å². The highest BCUT2D eigenvalue weighted by atomic mass is 16.5. The van der Waals surface area contributed by atoms with Crippen LogP contribution in [-0.4, -0.2) is 22.0 Å². The fourth-order valence-corrected chi connectivity index (χ4v) is 2.79. The minimum atomic E-state index is -0.0627. The number of amides is 1. The number of benzene rings is 2. The summed E-state index contributed by atoms with van der Waals surface area (Å²) in [6, 6.07) is 21.8. The van der Waals surface area contributed by atoms with E-state index in [0.29, 0.717) is 24.0 Å². The summed E-state index contributed by atoms with van der Waals surface area (Å²) in [4.78, 5) is 14.8. The molecule has 0 spiro atoms. The number of hydrogen-bond donors (Lipinski definition) is 0. The second-order valence-electron chi connectivity index (χ2n) is 6.09. The van der Waals surface area contributed by atoms with Crippen molar-refractivity contribution >= 4 is 5.91 Å². The zero-order valence-electron chi connectivity index (χ0n) is 13.3. The van der Waals surface area contributed by atoms with Gasteiger partial charge in [0, 0.05) is 24.2 Å². The molecule has 4 heteroatoms. The van der Waals surface area contributed by atoms with Crippen LogP contribution < -0.4 is 0 Å². The molecule has 0 unspecified atom stereocenters. The lowest BCUT2D eigenvalue weighted by Crippen LogP contribution is -2.32. The molecule has 120 valence electrons. The van der Waals surface area contributed by atoms with Gasteiger partial charge in [-0.15, -0.1) is 0 Å². The summed E-state index contributed by atoms with van der Waals surface area (Å²) in [5.74, 6) is 0.557.